The maximum atomic E-state index is 9.26. The molecule has 0 amide bonds. The van der Waals surface area contributed by atoms with Crippen LogP contribution in [0.3, 0.4) is 0 Å². The molecule has 2 rings (SSSR count). The minimum atomic E-state index is 0.0202. The van der Waals surface area contributed by atoms with Gasteiger partial charge in [0.15, 0.2) is 0 Å². The zero-order valence-corrected chi connectivity index (χ0v) is 11.8. The van der Waals surface area contributed by atoms with E-state index in [1.807, 2.05) is 12.3 Å². The van der Waals surface area contributed by atoms with Crippen molar-refractivity contribution >= 4 is 5.69 Å². The van der Waals surface area contributed by atoms with Gasteiger partial charge in [-0.3, -0.25) is 4.98 Å². The Morgan fingerprint density at radius 1 is 1.42 bits per heavy atom. The highest BCUT2D eigenvalue weighted by molar-refractivity contribution is 5.46. The van der Waals surface area contributed by atoms with Crippen LogP contribution >= 0.6 is 0 Å². The molecule has 1 atom stereocenters. The van der Waals surface area contributed by atoms with E-state index in [-0.39, 0.29) is 12.6 Å². The molecule has 0 aromatic carbocycles. The first kappa shape index (κ1) is 14.3. The average Bonchev–Trinajstić information content (AvgIpc) is 2.98. The highest BCUT2D eigenvalue weighted by atomic mass is 16.3. The molecule has 3 N–H and O–H groups in total. The van der Waals surface area contributed by atoms with E-state index in [4.69, 9.17) is 5.73 Å². The molecule has 1 heterocycles. The van der Waals surface area contributed by atoms with Crippen molar-refractivity contribution in [1.82, 2.24) is 4.98 Å². The van der Waals surface area contributed by atoms with Gasteiger partial charge < -0.3 is 15.7 Å². The zero-order chi connectivity index (χ0) is 13.7. The van der Waals surface area contributed by atoms with Crippen molar-refractivity contribution in [3.05, 3.63) is 24.0 Å². The van der Waals surface area contributed by atoms with Gasteiger partial charge in [0.05, 0.1) is 24.2 Å². The Labute approximate surface area is 115 Å². The summed E-state index contributed by atoms with van der Waals surface area (Å²) in [5, 5.41) is 9.26. The highest BCUT2D eigenvalue weighted by Crippen LogP contribution is 2.28. The Hall–Kier alpha value is -1.13. The van der Waals surface area contributed by atoms with E-state index in [2.05, 4.69) is 22.9 Å². The third-order valence-electron chi connectivity index (χ3n) is 4.03. The standard InChI is InChI=1S/C15H25N3O/c1-2-14(16)15-8-7-13(11-17-15)18(9-10-19)12-5-3-4-6-12/h7-8,11-12,14,19H,2-6,9-10,16H2,1H3. The van der Waals surface area contributed by atoms with E-state index in [1.165, 1.54) is 25.7 Å². The number of nitrogens with two attached hydrogens (primary N) is 1. The molecule has 106 valence electrons. The molecule has 0 bridgehead atoms. The van der Waals surface area contributed by atoms with Crippen molar-refractivity contribution in [3.8, 4) is 0 Å². The second-order valence-corrected chi connectivity index (χ2v) is 5.31. The van der Waals surface area contributed by atoms with Crippen LogP contribution in [-0.2, 0) is 0 Å². The van der Waals surface area contributed by atoms with Gasteiger partial charge >= 0.3 is 0 Å². The zero-order valence-electron chi connectivity index (χ0n) is 11.8. The van der Waals surface area contributed by atoms with E-state index in [1.54, 1.807) is 0 Å². The Balaban J connectivity index is 2.12. The van der Waals surface area contributed by atoms with Crippen molar-refractivity contribution in [1.29, 1.82) is 0 Å². The van der Waals surface area contributed by atoms with Crippen LogP contribution < -0.4 is 10.6 Å². The summed E-state index contributed by atoms with van der Waals surface area (Å²) in [6, 6.07) is 4.68. The summed E-state index contributed by atoms with van der Waals surface area (Å²) in [4.78, 5) is 6.77. The molecule has 0 aliphatic heterocycles. The molecule has 1 aromatic rings. The van der Waals surface area contributed by atoms with Crippen LogP contribution in [0.5, 0.6) is 0 Å². The smallest absolute Gasteiger partial charge is 0.0606 e. The van der Waals surface area contributed by atoms with Crippen LogP contribution in [0, 0.1) is 0 Å². The van der Waals surface area contributed by atoms with E-state index in [9.17, 15) is 5.11 Å². The molecule has 0 radical (unpaired) electrons. The lowest BCUT2D eigenvalue weighted by atomic mass is 10.1. The number of aliphatic hydroxyl groups excluding tert-OH is 1. The van der Waals surface area contributed by atoms with Gasteiger partial charge in [-0.25, -0.2) is 0 Å². The number of hydrogen-bond acceptors (Lipinski definition) is 4. The van der Waals surface area contributed by atoms with Gasteiger partial charge in [0.2, 0.25) is 0 Å². The van der Waals surface area contributed by atoms with Gasteiger partial charge in [-0.1, -0.05) is 19.8 Å². The Bertz CT molecular complexity index is 373. The van der Waals surface area contributed by atoms with Crippen LogP contribution in [0.25, 0.3) is 0 Å². The van der Waals surface area contributed by atoms with Gasteiger partial charge in [0.1, 0.15) is 0 Å². The van der Waals surface area contributed by atoms with Gasteiger partial charge in [-0.15, -0.1) is 0 Å². The van der Waals surface area contributed by atoms with Gasteiger partial charge in [0, 0.05) is 18.6 Å². The summed E-state index contributed by atoms with van der Waals surface area (Å²) in [7, 11) is 0. The molecular weight excluding hydrogens is 238 g/mol. The number of aromatic nitrogens is 1. The first-order valence-corrected chi connectivity index (χ1v) is 7.35. The number of anilines is 1. The molecular formula is C15H25N3O. The Kier molecular flexibility index (Phi) is 5.16. The maximum absolute atomic E-state index is 9.26. The number of rotatable bonds is 6. The van der Waals surface area contributed by atoms with Crippen LogP contribution in [0.2, 0.25) is 0 Å². The SMILES string of the molecule is CCC(N)c1ccc(N(CCO)C2CCCC2)cn1. The van der Waals surface area contributed by atoms with Crippen molar-refractivity contribution < 1.29 is 5.11 Å². The lowest BCUT2D eigenvalue weighted by molar-refractivity contribution is 0.297. The molecule has 1 aromatic heterocycles. The highest BCUT2D eigenvalue weighted by Gasteiger charge is 2.22. The summed E-state index contributed by atoms with van der Waals surface area (Å²) in [5.74, 6) is 0. The van der Waals surface area contributed by atoms with Gasteiger partial charge in [-0.2, -0.15) is 0 Å². The Morgan fingerprint density at radius 3 is 2.68 bits per heavy atom. The molecule has 1 aliphatic rings. The number of nitrogens with zero attached hydrogens (tertiary/aromatic N) is 2. The number of pyridine rings is 1. The molecule has 19 heavy (non-hydrogen) atoms. The third kappa shape index (κ3) is 3.45. The van der Waals surface area contributed by atoms with Crippen molar-refractivity contribution in [3.63, 3.8) is 0 Å². The summed E-state index contributed by atoms with van der Waals surface area (Å²) >= 11 is 0. The van der Waals surface area contributed by atoms with Crippen LogP contribution in [0.4, 0.5) is 5.69 Å². The molecule has 1 unspecified atom stereocenters. The van der Waals surface area contributed by atoms with Gasteiger partial charge in [-0.05, 0) is 31.4 Å². The first-order chi connectivity index (χ1) is 9.26. The fourth-order valence-electron chi connectivity index (χ4n) is 2.84. The molecule has 0 spiro atoms. The van der Waals surface area contributed by atoms with Crippen LogP contribution in [0.15, 0.2) is 18.3 Å². The van der Waals surface area contributed by atoms with E-state index < -0.39 is 0 Å². The molecule has 1 aliphatic carbocycles. The largest absolute Gasteiger partial charge is 0.395 e. The minimum Gasteiger partial charge on any atom is -0.395 e. The normalized spacial score (nSPS) is 17.6. The van der Waals surface area contributed by atoms with Crippen LogP contribution in [0.1, 0.15) is 50.8 Å². The van der Waals surface area contributed by atoms with E-state index in [0.29, 0.717) is 12.6 Å². The maximum Gasteiger partial charge on any atom is 0.0606 e. The van der Waals surface area contributed by atoms with Crippen LogP contribution in [-0.4, -0.2) is 29.3 Å². The van der Waals surface area contributed by atoms with E-state index >= 15 is 0 Å². The quantitative estimate of drug-likeness (QED) is 0.826. The minimum absolute atomic E-state index is 0.0202. The summed E-state index contributed by atoms with van der Waals surface area (Å²) in [6.45, 7) is 2.94. The van der Waals surface area contributed by atoms with E-state index in [0.717, 1.165) is 17.8 Å². The summed E-state index contributed by atoms with van der Waals surface area (Å²) in [5.41, 5.74) is 8.04. The lowest BCUT2D eigenvalue weighted by Gasteiger charge is -2.30. The number of aliphatic hydroxyl groups is 1. The second kappa shape index (κ2) is 6.87. The lowest BCUT2D eigenvalue weighted by Crippen LogP contribution is -2.35. The molecule has 0 saturated heterocycles. The fraction of sp³-hybridized carbons (Fsp3) is 0.667. The first-order valence-electron chi connectivity index (χ1n) is 7.35. The fourth-order valence-corrected chi connectivity index (χ4v) is 2.84. The average molecular weight is 263 g/mol. The summed E-state index contributed by atoms with van der Waals surface area (Å²) < 4.78 is 0. The monoisotopic (exact) mass is 263 g/mol. The third-order valence-corrected chi connectivity index (χ3v) is 4.03. The Morgan fingerprint density at radius 2 is 2.16 bits per heavy atom. The van der Waals surface area contributed by atoms with Crippen molar-refractivity contribution in [2.24, 2.45) is 5.73 Å². The predicted octanol–water partition coefficient (Wildman–Crippen LogP) is 2.23. The predicted molar refractivity (Wildman–Crippen MR) is 78.1 cm³/mol. The summed E-state index contributed by atoms with van der Waals surface area (Å²) in [6.07, 6.45) is 7.82. The molecule has 4 heteroatoms. The number of hydrogen-bond donors (Lipinski definition) is 2. The topological polar surface area (TPSA) is 62.4 Å². The molecule has 4 nitrogen and oxygen atoms in total. The van der Waals surface area contributed by atoms with Crippen molar-refractivity contribution in [2.75, 3.05) is 18.1 Å². The second-order valence-electron chi connectivity index (χ2n) is 5.31. The van der Waals surface area contributed by atoms with Gasteiger partial charge in [0.25, 0.3) is 0 Å². The van der Waals surface area contributed by atoms with Crippen molar-refractivity contribution in [2.45, 2.75) is 51.1 Å². The molecule has 1 fully saturated rings. The molecule has 1 saturated carbocycles.